The normalized spacial score (nSPS) is 13.1. The van der Waals surface area contributed by atoms with Crippen LogP contribution >= 0.6 is 0 Å². The van der Waals surface area contributed by atoms with Crippen LogP contribution in [0.15, 0.2) is 65.7 Å². The predicted molar refractivity (Wildman–Crippen MR) is 90.5 cm³/mol. The molecule has 1 N–H and O–H groups in total. The molecule has 0 aromatic heterocycles. The second-order valence-electron chi connectivity index (χ2n) is 5.15. The minimum atomic E-state index is -0.279. The number of amides is 1. The third-order valence-electron chi connectivity index (χ3n) is 3.65. The third-order valence-corrected chi connectivity index (χ3v) is 3.65. The minimum absolute atomic E-state index is 0.279. The Morgan fingerprint density at radius 1 is 1.17 bits per heavy atom. The van der Waals surface area contributed by atoms with Crippen molar-refractivity contribution >= 4 is 17.3 Å². The van der Waals surface area contributed by atoms with Crippen molar-refractivity contribution in [3.63, 3.8) is 0 Å². The summed E-state index contributed by atoms with van der Waals surface area (Å²) in [4.78, 5) is 16.6. The van der Waals surface area contributed by atoms with E-state index in [2.05, 4.69) is 22.4 Å². The summed E-state index contributed by atoms with van der Waals surface area (Å²) in [5.41, 5.74) is 4.08. The van der Waals surface area contributed by atoms with Gasteiger partial charge in [-0.05, 0) is 30.2 Å². The highest BCUT2D eigenvalue weighted by Crippen LogP contribution is 2.17. The maximum Gasteiger partial charge on any atom is 0.248 e. The van der Waals surface area contributed by atoms with Gasteiger partial charge in [-0.3, -0.25) is 9.79 Å². The fourth-order valence-electron chi connectivity index (χ4n) is 2.53. The molecule has 4 heteroatoms. The van der Waals surface area contributed by atoms with E-state index in [0.29, 0.717) is 11.3 Å². The number of hydrogen-bond donors (Lipinski definition) is 1. The van der Waals surface area contributed by atoms with E-state index in [0.717, 1.165) is 24.2 Å². The topological polar surface area (TPSA) is 65.2 Å². The Balaban J connectivity index is 1.75. The lowest BCUT2D eigenvalue weighted by Gasteiger charge is -2.14. The van der Waals surface area contributed by atoms with Crippen molar-refractivity contribution in [1.29, 1.82) is 5.26 Å². The van der Waals surface area contributed by atoms with E-state index in [9.17, 15) is 4.79 Å². The van der Waals surface area contributed by atoms with E-state index in [-0.39, 0.29) is 5.91 Å². The second kappa shape index (κ2) is 6.71. The number of carbonyl (C=O) groups excluding carboxylic acids is 1. The first-order valence-electron chi connectivity index (χ1n) is 7.39. The third kappa shape index (κ3) is 3.35. The average Bonchev–Trinajstić information content (AvgIpc) is 2.60. The monoisotopic (exact) mass is 301 g/mol. The fourth-order valence-corrected chi connectivity index (χ4v) is 2.53. The largest absolute Gasteiger partial charge is 0.321 e. The van der Waals surface area contributed by atoms with Gasteiger partial charge in [0.1, 0.15) is 6.07 Å². The van der Waals surface area contributed by atoms with Crippen LogP contribution in [0, 0.1) is 11.3 Å². The Bertz CT molecular complexity index is 844. The van der Waals surface area contributed by atoms with Gasteiger partial charge in [0.15, 0.2) is 0 Å². The molecule has 4 nitrogen and oxygen atoms in total. The lowest BCUT2D eigenvalue weighted by molar-refractivity contribution is -0.111. The summed E-state index contributed by atoms with van der Waals surface area (Å²) in [7, 11) is 0. The van der Waals surface area contributed by atoms with Crippen LogP contribution in [0.25, 0.3) is 0 Å². The highest BCUT2D eigenvalue weighted by Gasteiger charge is 2.11. The van der Waals surface area contributed by atoms with Gasteiger partial charge in [0.05, 0.1) is 17.0 Å². The molecule has 0 aliphatic carbocycles. The molecule has 0 atom stereocenters. The summed E-state index contributed by atoms with van der Waals surface area (Å²) in [6.45, 7) is 0.732. The Kier molecular flexibility index (Phi) is 4.30. The highest BCUT2D eigenvalue weighted by atomic mass is 16.1. The van der Waals surface area contributed by atoms with Crippen LogP contribution < -0.4 is 5.32 Å². The van der Waals surface area contributed by atoms with E-state index in [1.54, 1.807) is 30.3 Å². The Labute approximate surface area is 134 Å². The zero-order valence-corrected chi connectivity index (χ0v) is 12.5. The first-order valence-corrected chi connectivity index (χ1v) is 7.39. The van der Waals surface area contributed by atoms with E-state index in [1.807, 2.05) is 18.2 Å². The molecule has 2 aromatic rings. The predicted octanol–water partition coefficient (Wildman–Crippen LogP) is 3.10. The summed E-state index contributed by atoms with van der Waals surface area (Å²) >= 11 is 0. The average molecular weight is 301 g/mol. The molecule has 0 fully saturated rings. The van der Waals surface area contributed by atoms with Crippen LogP contribution in [0.5, 0.6) is 0 Å². The van der Waals surface area contributed by atoms with Gasteiger partial charge in [-0.25, -0.2) is 0 Å². The fraction of sp³-hybridized carbons (Fsp3) is 0.105. The lowest BCUT2D eigenvalue weighted by atomic mass is 9.97. The molecule has 2 aromatic carbocycles. The van der Waals surface area contributed by atoms with Gasteiger partial charge in [-0.15, -0.1) is 0 Å². The van der Waals surface area contributed by atoms with Crippen molar-refractivity contribution in [2.75, 3.05) is 11.9 Å². The number of rotatable bonds is 3. The molecule has 0 saturated carbocycles. The summed E-state index contributed by atoms with van der Waals surface area (Å²) in [6.07, 6.45) is 4.10. The van der Waals surface area contributed by atoms with Crippen LogP contribution in [0.1, 0.15) is 16.7 Å². The van der Waals surface area contributed by atoms with Crippen molar-refractivity contribution < 1.29 is 4.79 Å². The standard InChI is InChI=1S/C19H15N3O/c20-13-15-6-2-4-8-17(15)22-19(23)10-9-18-16-7-3-1-5-14(16)11-12-21-18/h1-10H,11-12H2,(H,22,23). The molecule has 1 heterocycles. The number of fused-ring (bicyclic) bond motifs is 1. The first kappa shape index (κ1) is 14.7. The minimum Gasteiger partial charge on any atom is -0.321 e. The number of carbonyl (C=O) groups is 1. The maximum absolute atomic E-state index is 12.1. The molecule has 1 aliphatic rings. The van der Waals surface area contributed by atoms with Gasteiger partial charge in [0, 0.05) is 18.2 Å². The Morgan fingerprint density at radius 2 is 1.96 bits per heavy atom. The van der Waals surface area contributed by atoms with Crippen molar-refractivity contribution in [1.82, 2.24) is 0 Å². The maximum atomic E-state index is 12.1. The zero-order chi connectivity index (χ0) is 16.1. The summed E-state index contributed by atoms with van der Waals surface area (Å²) < 4.78 is 0. The van der Waals surface area contributed by atoms with E-state index in [1.165, 1.54) is 11.6 Å². The Morgan fingerprint density at radius 3 is 2.83 bits per heavy atom. The first-order chi connectivity index (χ1) is 11.3. The van der Waals surface area contributed by atoms with Gasteiger partial charge < -0.3 is 5.32 Å². The number of allylic oxidation sites excluding steroid dienone is 1. The molecule has 0 radical (unpaired) electrons. The second-order valence-corrected chi connectivity index (χ2v) is 5.15. The quantitative estimate of drug-likeness (QED) is 0.885. The summed E-state index contributed by atoms with van der Waals surface area (Å²) in [5.74, 6) is -0.279. The smallest absolute Gasteiger partial charge is 0.248 e. The molecule has 0 saturated heterocycles. The molecular formula is C19H15N3O. The number of nitriles is 1. The summed E-state index contributed by atoms with van der Waals surface area (Å²) in [6, 6.07) is 17.1. The van der Waals surface area contributed by atoms with Crippen molar-refractivity contribution in [2.24, 2.45) is 4.99 Å². The molecule has 112 valence electrons. The van der Waals surface area contributed by atoms with Gasteiger partial charge >= 0.3 is 0 Å². The number of benzene rings is 2. The number of anilines is 1. The van der Waals surface area contributed by atoms with Crippen molar-refractivity contribution in [2.45, 2.75) is 6.42 Å². The Hall–Kier alpha value is -3.19. The van der Waals surface area contributed by atoms with Gasteiger partial charge in [0.2, 0.25) is 5.91 Å². The molecule has 1 aliphatic heterocycles. The summed E-state index contributed by atoms with van der Waals surface area (Å²) in [5, 5.41) is 11.8. The van der Waals surface area contributed by atoms with E-state index >= 15 is 0 Å². The van der Waals surface area contributed by atoms with Gasteiger partial charge in [0.25, 0.3) is 0 Å². The molecule has 0 bridgehead atoms. The SMILES string of the molecule is N#Cc1ccccc1NC(=O)C=CC1=NCCc2ccccc21. The molecular weight excluding hydrogens is 286 g/mol. The highest BCUT2D eigenvalue weighted by molar-refractivity contribution is 6.13. The number of nitrogens with one attached hydrogen (secondary N) is 1. The molecule has 1 amide bonds. The molecule has 0 unspecified atom stereocenters. The van der Waals surface area contributed by atoms with Gasteiger partial charge in [-0.1, -0.05) is 36.4 Å². The van der Waals surface area contributed by atoms with Gasteiger partial charge in [-0.2, -0.15) is 5.26 Å². The zero-order valence-electron chi connectivity index (χ0n) is 12.5. The van der Waals surface area contributed by atoms with E-state index < -0.39 is 0 Å². The van der Waals surface area contributed by atoms with E-state index in [4.69, 9.17) is 5.26 Å². The van der Waals surface area contributed by atoms with Crippen LogP contribution in [0.3, 0.4) is 0 Å². The van der Waals surface area contributed by atoms with Crippen LogP contribution in [-0.4, -0.2) is 18.2 Å². The molecule has 3 rings (SSSR count). The lowest BCUT2D eigenvalue weighted by Crippen LogP contribution is -2.13. The number of para-hydroxylation sites is 1. The van der Waals surface area contributed by atoms with Crippen molar-refractivity contribution in [3.05, 3.63) is 77.4 Å². The number of nitrogens with zero attached hydrogens (tertiary/aromatic N) is 2. The van der Waals surface area contributed by atoms with Crippen molar-refractivity contribution in [3.8, 4) is 6.07 Å². The number of hydrogen-bond acceptors (Lipinski definition) is 3. The molecule has 0 spiro atoms. The van der Waals surface area contributed by atoms with Crippen LogP contribution in [0.2, 0.25) is 0 Å². The number of aliphatic imine (C=N–C) groups is 1. The van der Waals surface area contributed by atoms with Crippen LogP contribution in [-0.2, 0) is 11.2 Å². The van der Waals surface area contributed by atoms with Crippen LogP contribution in [0.4, 0.5) is 5.69 Å². The molecule has 23 heavy (non-hydrogen) atoms.